The molecule has 0 spiro atoms. The molecule has 19 heavy (non-hydrogen) atoms. The average molecular weight is 276 g/mol. The van der Waals surface area contributed by atoms with Gasteiger partial charge in [0.1, 0.15) is 4.70 Å². The van der Waals surface area contributed by atoms with Gasteiger partial charge in [-0.05, 0) is 31.2 Å². The molecular weight excluding hydrogens is 256 g/mol. The zero-order valence-corrected chi connectivity index (χ0v) is 12.3. The topological polar surface area (TPSA) is 45.8 Å². The Labute approximate surface area is 117 Å². The fraction of sp³-hybridized carbons (Fsp3) is 0.600. The first kappa shape index (κ1) is 12.9. The summed E-state index contributed by atoms with van der Waals surface area (Å²) in [5, 5.41) is 0. The Morgan fingerprint density at radius 3 is 2.79 bits per heavy atom. The van der Waals surface area contributed by atoms with Crippen LogP contribution in [0.2, 0.25) is 0 Å². The van der Waals surface area contributed by atoms with Crippen molar-refractivity contribution in [3.8, 4) is 0 Å². The predicted octanol–water partition coefficient (Wildman–Crippen LogP) is 3.84. The Morgan fingerprint density at radius 1 is 1.42 bits per heavy atom. The van der Waals surface area contributed by atoms with Gasteiger partial charge in [0.2, 0.25) is 0 Å². The number of aromatic amines is 1. The lowest BCUT2D eigenvalue weighted by Crippen LogP contribution is -2.22. The highest BCUT2D eigenvalue weighted by Crippen LogP contribution is 2.48. The maximum Gasteiger partial charge on any atom is 0.268 e. The molecule has 1 aliphatic rings. The van der Waals surface area contributed by atoms with E-state index in [0.717, 1.165) is 10.2 Å². The van der Waals surface area contributed by atoms with Crippen LogP contribution in [0.25, 0.3) is 10.2 Å². The third-order valence-electron chi connectivity index (χ3n) is 4.20. The second kappa shape index (κ2) is 4.75. The number of hydrogen-bond acceptors (Lipinski definition) is 3. The van der Waals surface area contributed by atoms with E-state index in [9.17, 15) is 4.79 Å². The van der Waals surface area contributed by atoms with Gasteiger partial charge in [0.25, 0.3) is 5.56 Å². The molecule has 0 radical (unpaired) electrons. The second-order valence-corrected chi connectivity index (χ2v) is 7.19. The summed E-state index contributed by atoms with van der Waals surface area (Å²) in [6.07, 6.45) is 7.87. The molecule has 1 fully saturated rings. The molecule has 0 atom stereocenters. The number of aromatic nitrogens is 2. The van der Waals surface area contributed by atoms with Crippen molar-refractivity contribution in [1.29, 1.82) is 0 Å². The Hall–Kier alpha value is -1.16. The smallest absolute Gasteiger partial charge is 0.268 e. The number of nitrogens with one attached hydrogen (secondary N) is 1. The molecule has 2 aromatic heterocycles. The van der Waals surface area contributed by atoms with Gasteiger partial charge in [-0.1, -0.05) is 26.7 Å². The molecule has 1 N–H and O–H groups in total. The van der Waals surface area contributed by atoms with E-state index in [4.69, 9.17) is 0 Å². The fourth-order valence-electron chi connectivity index (χ4n) is 3.51. The van der Waals surface area contributed by atoms with Gasteiger partial charge in [-0.25, -0.2) is 4.98 Å². The molecule has 0 unspecified atom stereocenters. The molecule has 4 heteroatoms. The number of rotatable bonds is 3. The van der Waals surface area contributed by atoms with E-state index in [2.05, 4.69) is 29.9 Å². The molecule has 1 aliphatic carbocycles. The third-order valence-corrected chi connectivity index (χ3v) is 5.57. The summed E-state index contributed by atoms with van der Waals surface area (Å²) < 4.78 is 0.785. The molecule has 0 amide bonds. The van der Waals surface area contributed by atoms with E-state index in [-0.39, 0.29) is 5.56 Å². The van der Waals surface area contributed by atoms with E-state index < -0.39 is 0 Å². The van der Waals surface area contributed by atoms with Crippen LogP contribution in [0.4, 0.5) is 0 Å². The Balaban J connectivity index is 2.10. The lowest BCUT2D eigenvalue weighted by Gasteiger charge is -2.29. The highest BCUT2D eigenvalue weighted by molar-refractivity contribution is 7.19. The summed E-state index contributed by atoms with van der Waals surface area (Å²) in [6.45, 7) is 4.58. The molecule has 2 heterocycles. The number of fused-ring (bicyclic) bond motifs is 1. The van der Waals surface area contributed by atoms with Gasteiger partial charge in [-0.3, -0.25) is 4.79 Å². The lowest BCUT2D eigenvalue weighted by atomic mass is 9.77. The van der Waals surface area contributed by atoms with Gasteiger partial charge in [-0.15, -0.1) is 11.3 Å². The summed E-state index contributed by atoms with van der Waals surface area (Å²) in [4.78, 5) is 20.2. The van der Waals surface area contributed by atoms with Crippen LogP contribution in [0.15, 0.2) is 17.2 Å². The lowest BCUT2D eigenvalue weighted by molar-refractivity contribution is 0.353. The largest absolute Gasteiger partial charge is 0.312 e. The molecule has 102 valence electrons. The molecule has 0 aromatic carbocycles. The number of thiophene rings is 1. The zero-order chi connectivity index (χ0) is 13.5. The highest BCUT2D eigenvalue weighted by Gasteiger charge is 2.37. The molecule has 3 nitrogen and oxygen atoms in total. The Morgan fingerprint density at radius 2 is 2.16 bits per heavy atom. The van der Waals surface area contributed by atoms with Crippen molar-refractivity contribution in [3.05, 3.63) is 27.6 Å². The van der Waals surface area contributed by atoms with E-state index in [1.54, 1.807) is 11.3 Å². The molecule has 2 aromatic rings. The van der Waals surface area contributed by atoms with Crippen molar-refractivity contribution in [1.82, 2.24) is 9.97 Å². The van der Waals surface area contributed by atoms with Gasteiger partial charge in [0.05, 0.1) is 11.8 Å². The van der Waals surface area contributed by atoms with Gasteiger partial charge in [0, 0.05) is 10.3 Å². The van der Waals surface area contributed by atoms with Gasteiger partial charge >= 0.3 is 0 Å². The standard InChI is InChI=1S/C15H20N2OS/c1-10(2)8-15(5-3-4-6-15)12-7-11-13(19-12)14(18)17-9-16-11/h7,9-10H,3-6,8H2,1-2H3,(H,16,17,18). The van der Waals surface area contributed by atoms with E-state index >= 15 is 0 Å². The van der Waals surface area contributed by atoms with Crippen molar-refractivity contribution in [2.75, 3.05) is 0 Å². The van der Waals surface area contributed by atoms with Gasteiger partial charge < -0.3 is 4.98 Å². The first-order chi connectivity index (χ1) is 9.11. The molecular formula is C15H20N2OS. The number of nitrogens with zero attached hydrogens (tertiary/aromatic N) is 1. The molecule has 0 bridgehead atoms. The van der Waals surface area contributed by atoms with Crippen molar-refractivity contribution in [2.24, 2.45) is 5.92 Å². The molecule has 0 saturated heterocycles. The maximum atomic E-state index is 11.8. The van der Waals surface area contributed by atoms with Crippen LogP contribution >= 0.6 is 11.3 Å². The van der Waals surface area contributed by atoms with Crippen LogP contribution in [0.1, 0.15) is 50.8 Å². The fourth-order valence-corrected chi connectivity index (χ4v) is 4.77. The minimum Gasteiger partial charge on any atom is -0.312 e. The predicted molar refractivity (Wildman–Crippen MR) is 79.8 cm³/mol. The minimum absolute atomic E-state index is 0.000978. The number of hydrogen-bond donors (Lipinski definition) is 1. The Kier molecular flexibility index (Phi) is 3.21. The monoisotopic (exact) mass is 276 g/mol. The summed E-state index contributed by atoms with van der Waals surface area (Å²) in [5.41, 5.74) is 1.16. The van der Waals surface area contributed by atoms with E-state index in [1.165, 1.54) is 43.3 Å². The molecule has 1 saturated carbocycles. The van der Waals surface area contributed by atoms with Gasteiger partial charge in [-0.2, -0.15) is 0 Å². The summed E-state index contributed by atoms with van der Waals surface area (Å²) in [6, 6.07) is 2.16. The van der Waals surface area contributed by atoms with Crippen LogP contribution in [0.5, 0.6) is 0 Å². The first-order valence-corrected chi connectivity index (χ1v) is 7.90. The maximum absolute atomic E-state index is 11.8. The second-order valence-electron chi connectivity index (χ2n) is 6.14. The quantitative estimate of drug-likeness (QED) is 0.925. The van der Waals surface area contributed by atoms with Crippen molar-refractivity contribution >= 4 is 21.6 Å². The van der Waals surface area contributed by atoms with Crippen LogP contribution in [-0.4, -0.2) is 9.97 Å². The van der Waals surface area contributed by atoms with Crippen LogP contribution in [-0.2, 0) is 5.41 Å². The van der Waals surface area contributed by atoms with Gasteiger partial charge in [0.15, 0.2) is 0 Å². The molecule has 3 rings (SSSR count). The summed E-state index contributed by atoms with van der Waals surface area (Å²) in [7, 11) is 0. The van der Waals surface area contributed by atoms with E-state index in [1.807, 2.05) is 0 Å². The number of H-pyrrole nitrogens is 1. The SMILES string of the molecule is CC(C)CC1(c2cc3nc[nH]c(=O)c3s2)CCCC1. The van der Waals surface area contributed by atoms with Crippen LogP contribution < -0.4 is 5.56 Å². The van der Waals surface area contributed by atoms with Crippen molar-refractivity contribution in [2.45, 2.75) is 51.4 Å². The van der Waals surface area contributed by atoms with E-state index in [0.29, 0.717) is 11.3 Å². The van der Waals surface area contributed by atoms with Crippen LogP contribution in [0.3, 0.4) is 0 Å². The normalized spacial score (nSPS) is 18.5. The summed E-state index contributed by atoms with van der Waals surface area (Å²) in [5.74, 6) is 0.689. The average Bonchev–Trinajstić information content (AvgIpc) is 2.95. The third kappa shape index (κ3) is 2.22. The van der Waals surface area contributed by atoms with Crippen molar-refractivity contribution < 1.29 is 0 Å². The summed E-state index contributed by atoms with van der Waals surface area (Å²) >= 11 is 1.66. The molecule has 0 aliphatic heterocycles. The minimum atomic E-state index is -0.000978. The van der Waals surface area contributed by atoms with Crippen LogP contribution in [0, 0.1) is 5.92 Å². The first-order valence-electron chi connectivity index (χ1n) is 7.08. The van der Waals surface area contributed by atoms with Crippen molar-refractivity contribution in [3.63, 3.8) is 0 Å². The highest BCUT2D eigenvalue weighted by atomic mass is 32.1. The Bertz CT molecular complexity index is 635. The zero-order valence-electron chi connectivity index (χ0n) is 11.5.